The lowest BCUT2D eigenvalue weighted by molar-refractivity contribution is -0.133. The Balaban J connectivity index is 1.73. The number of hydrogen-bond donors (Lipinski definition) is 2. The number of aryl methyl sites for hydroxylation is 1. The minimum absolute atomic E-state index is 0.236. The van der Waals surface area contributed by atoms with Crippen molar-refractivity contribution in [2.45, 2.75) is 26.3 Å². The fourth-order valence-corrected chi connectivity index (χ4v) is 4.18. The second-order valence-corrected chi connectivity index (χ2v) is 8.08. The van der Waals surface area contributed by atoms with E-state index in [4.69, 9.17) is 10.00 Å². The van der Waals surface area contributed by atoms with Crippen LogP contribution in [0.25, 0.3) is 0 Å². The highest BCUT2D eigenvalue weighted by Crippen LogP contribution is 2.30. The summed E-state index contributed by atoms with van der Waals surface area (Å²) in [7, 11) is 0. The molecule has 160 valence electrons. The zero-order valence-corrected chi connectivity index (χ0v) is 18.0. The van der Waals surface area contributed by atoms with E-state index in [2.05, 4.69) is 10.6 Å². The van der Waals surface area contributed by atoms with Crippen LogP contribution in [0.15, 0.2) is 30.3 Å². The Bertz CT molecular complexity index is 1120. The Labute approximate surface area is 182 Å². The van der Waals surface area contributed by atoms with Crippen molar-refractivity contribution < 1.29 is 23.9 Å². The highest BCUT2D eigenvalue weighted by molar-refractivity contribution is 7.18. The molecule has 9 nitrogen and oxygen atoms in total. The highest BCUT2D eigenvalue weighted by Gasteiger charge is 2.49. The lowest BCUT2D eigenvalue weighted by atomic mass is 9.91. The van der Waals surface area contributed by atoms with E-state index in [-0.39, 0.29) is 6.61 Å². The molecule has 2 aromatic rings. The van der Waals surface area contributed by atoms with E-state index in [1.807, 2.05) is 6.07 Å². The third-order valence-corrected chi connectivity index (χ3v) is 5.92. The van der Waals surface area contributed by atoms with E-state index in [9.17, 15) is 19.2 Å². The summed E-state index contributed by atoms with van der Waals surface area (Å²) in [5.41, 5.74) is 0.0581. The molecule has 0 bridgehead atoms. The molecule has 2 N–H and O–H groups in total. The van der Waals surface area contributed by atoms with E-state index in [1.54, 1.807) is 38.1 Å². The van der Waals surface area contributed by atoms with Crippen LogP contribution in [0.4, 0.5) is 9.80 Å². The van der Waals surface area contributed by atoms with Gasteiger partial charge in [0.2, 0.25) is 5.91 Å². The highest BCUT2D eigenvalue weighted by atomic mass is 32.1. The first kappa shape index (κ1) is 22.0. The number of imide groups is 1. The second kappa shape index (κ2) is 8.57. The number of esters is 1. The van der Waals surface area contributed by atoms with Gasteiger partial charge in [-0.15, -0.1) is 11.3 Å². The summed E-state index contributed by atoms with van der Waals surface area (Å²) in [5, 5.41) is 14.7. The van der Waals surface area contributed by atoms with Gasteiger partial charge < -0.3 is 15.4 Å². The van der Waals surface area contributed by atoms with Crippen LogP contribution < -0.4 is 10.6 Å². The molecule has 0 unspecified atom stereocenters. The number of nitrogens with zero attached hydrogens (tertiary/aromatic N) is 2. The molecular weight excluding hydrogens is 420 g/mol. The Morgan fingerprint density at radius 1 is 1.32 bits per heavy atom. The lowest BCUT2D eigenvalue weighted by Gasteiger charge is -2.22. The first-order valence-electron chi connectivity index (χ1n) is 9.41. The predicted octanol–water partition coefficient (Wildman–Crippen LogP) is 2.51. The number of rotatable bonds is 6. The Morgan fingerprint density at radius 2 is 2.06 bits per heavy atom. The summed E-state index contributed by atoms with van der Waals surface area (Å²) < 4.78 is 4.98. The molecular formula is C21H20N4O5S. The topological polar surface area (TPSA) is 129 Å². The summed E-state index contributed by atoms with van der Waals surface area (Å²) in [6, 6.07) is 9.27. The van der Waals surface area contributed by atoms with Gasteiger partial charge in [0.1, 0.15) is 17.0 Å². The molecule has 1 fully saturated rings. The van der Waals surface area contributed by atoms with E-state index < -0.39 is 35.9 Å². The average Bonchev–Trinajstić information content (AvgIpc) is 3.20. The molecule has 1 atom stereocenters. The predicted molar refractivity (Wildman–Crippen MR) is 112 cm³/mol. The molecule has 4 amide bonds. The zero-order chi connectivity index (χ0) is 22.8. The minimum Gasteiger partial charge on any atom is -0.462 e. The van der Waals surface area contributed by atoms with Crippen molar-refractivity contribution >= 4 is 40.2 Å². The molecule has 31 heavy (non-hydrogen) atoms. The second-order valence-electron chi connectivity index (χ2n) is 7.03. The zero-order valence-electron chi connectivity index (χ0n) is 17.1. The van der Waals surface area contributed by atoms with Crippen LogP contribution >= 0.6 is 11.3 Å². The van der Waals surface area contributed by atoms with Gasteiger partial charge >= 0.3 is 12.0 Å². The molecule has 3 rings (SSSR count). The molecule has 1 saturated heterocycles. The van der Waals surface area contributed by atoms with Crippen molar-refractivity contribution in [2.75, 3.05) is 18.5 Å². The maximum absolute atomic E-state index is 13.0. The normalized spacial score (nSPS) is 17.8. The van der Waals surface area contributed by atoms with Crippen LogP contribution in [0.3, 0.4) is 0 Å². The van der Waals surface area contributed by atoms with Gasteiger partial charge in [0.05, 0.1) is 23.2 Å². The van der Waals surface area contributed by atoms with Crippen LogP contribution in [0.1, 0.15) is 40.2 Å². The van der Waals surface area contributed by atoms with E-state index in [1.165, 1.54) is 13.0 Å². The van der Waals surface area contributed by atoms with Crippen LogP contribution in [-0.2, 0) is 19.9 Å². The first-order chi connectivity index (χ1) is 14.7. The van der Waals surface area contributed by atoms with Crippen molar-refractivity contribution in [3.05, 3.63) is 51.9 Å². The smallest absolute Gasteiger partial charge is 0.348 e. The molecule has 0 radical (unpaired) electrons. The molecule has 2 heterocycles. The number of anilines is 1. The SMILES string of the molecule is CCOC(=O)c1sc(NC(=O)CN2C(=O)N[C@](C)(c3cccc(C#N)c3)C2=O)cc1C. The summed E-state index contributed by atoms with van der Waals surface area (Å²) in [4.78, 5) is 51.0. The summed E-state index contributed by atoms with van der Waals surface area (Å²) >= 11 is 1.06. The number of carbonyl (C=O) groups is 4. The van der Waals surface area contributed by atoms with Crippen molar-refractivity contribution in [3.63, 3.8) is 0 Å². The average molecular weight is 440 g/mol. The maximum atomic E-state index is 13.0. The molecule has 0 saturated carbocycles. The van der Waals surface area contributed by atoms with Crippen LogP contribution in [-0.4, -0.2) is 41.9 Å². The monoisotopic (exact) mass is 440 g/mol. The molecule has 0 aliphatic carbocycles. The lowest BCUT2D eigenvalue weighted by Crippen LogP contribution is -2.42. The minimum atomic E-state index is -1.39. The molecule has 1 aliphatic heterocycles. The van der Waals surface area contributed by atoms with Crippen LogP contribution in [0.5, 0.6) is 0 Å². The van der Waals surface area contributed by atoms with E-state index in [0.717, 1.165) is 16.2 Å². The van der Waals surface area contributed by atoms with E-state index >= 15 is 0 Å². The fraction of sp³-hybridized carbons (Fsp3) is 0.286. The van der Waals surface area contributed by atoms with Gasteiger partial charge in [0, 0.05) is 0 Å². The summed E-state index contributed by atoms with van der Waals surface area (Å²) in [5.74, 6) is -1.66. The standard InChI is InChI=1S/C21H20N4O5S/c1-4-30-18(27)17-12(2)8-16(31-17)23-15(26)11-25-19(28)21(3,24-20(25)29)14-7-5-6-13(9-14)10-22/h5-9H,4,11H2,1-3H3,(H,23,26)(H,24,29)/t21-/m1/s1. The molecule has 1 aromatic carbocycles. The number of nitrogens with one attached hydrogen (secondary N) is 2. The molecule has 1 aromatic heterocycles. The van der Waals surface area contributed by atoms with Gasteiger partial charge in [-0.1, -0.05) is 12.1 Å². The number of thiophene rings is 1. The van der Waals surface area contributed by atoms with Gasteiger partial charge in [-0.3, -0.25) is 14.5 Å². The number of hydrogen-bond acceptors (Lipinski definition) is 7. The first-order valence-corrected chi connectivity index (χ1v) is 10.2. The maximum Gasteiger partial charge on any atom is 0.348 e. The third-order valence-electron chi connectivity index (χ3n) is 4.79. The van der Waals surface area contributed by atoms with Gasteiger partial charge in [-0.05, 0) is 50.1 Å². The molecule has 1 aliphatic rings. The van der Waals surface area contributed by atoms with Crippen molar-refractivity contribution in [3.8, 4) is 6.07 Å². The number of benzene rings is 1. The quantitative estimate of drug-likeness (QED) is 0.525. The van der Waals surface area contributed by atoms with Crippen LogP contribution in [0.2, 0.25) is 0 Å². The van der Waals surface area contributed by atoms with Gasteiger partial charge in [0.25, 0.3) is 5.91 Å². The summed E-state index contributed by atoms with van der Waals surface area (Å²) in [6.07, 6.45) is 0. The van der Waals surface area contributed by atoms with Gasteiger partial charge in [0.15, 0.2) is 0 Å². The number of ether oxygens (including phenoxy) is 1. The van der Waals surface area contributed by atoms with Crippen molar-refractivity contribution in [2.24, 2.45) is 0 Å². The van der Waals surface area contributed by atoms with Crippen molar-refractivity contribution in [1.29, 1.82) is 5.26 Å². The number of carbonyl (C=O) groups excluding carboxylic acids is 4. The fourth-order valence-electron chi connectivity index (χ4n) is 3.20. The molecule has 10 heteroatoms. The number of nitriles is 1. The Morgan fingerprint density at radius 3 is 2.74 bits per heavy atom. The molecule has 0 spiro atoms. The largest absolute Gasteiger partial charge is 0.462 e. The van der Waals surface area contributed by atoms with Crippen molar-refractivity contribution in [1.82, 2.24) is 10.2 Å². The van der Waals surface area contributed by atoms with Crippen LogP contribution in [0, 0.1) is 18.3 Å². The number of urea groups is 1. The van der Waals surface area contributed by atoms with E-state index in [0.29, 0.717) is 26.6 Å². The van der Waals surface area contributed by atoms with Gasteiger partial charge in [-0.25, -0.2) is 9.59 Å². The van der Waals surface area contributed by atoms with Gasteiger partial charge in [-0.2, -0.15) is 5.26 Å². The summed E-state index contributed by atoms with van der Waals surface area (Å²) in [6.45, 7) is 4.68. The Hall–Kier alpha value is -3.71. The Kier molecular flexibility index (Phi) is 6.08. The number of amides is 4. The third kappa shape index (κ3) is 4.27.